The maximum Gasteiger partial charge on any atom is 0.256 e. The van der Waals surface area contributed by atoms with E-state index in [0.29, 0.717) is 23.7 Å². The van der Waals surface area contributed by atoms with Gasteiger partial charge in [-0.15, -0.1) is 0 Å². The standard InChI is InChI=1S/C18H16BrNO3/c1-3-23-16-10-11(9-14(19)17(16)22-2)8-13-12-6-4-5-7-15(12)20-18(13)21/h4-10H,3H2,1-2H3,(H,20,21)/b13-8+. The molecule has 1 heterocycles. The number of rotatable bonds is 4. The van der Waals surface area contributed by atoms with E-state index in [1.165, 1.54) is 0 Å². The summed E-state index contributed by atoms with van der Waals surface area (Å²) in [7, 11) is 1.60. The van der Waals surface area contributed by atoms with Crippen molar-refractivity contribution in [3.63, 3.8) is 0 Å². The third-order valence-corrected chi connectivity index (χ3v) is 4.15. The van der Waals surface area contributed by atoms with E-state index in [1.807, 2.05) is 49.4 Å². The number of ether oxygens (including phenoxy) is 2. The fourth-order valence-corrected chi connectivity index (χ4v) is 3.20. The van der Waals surface area contributed by atoms with Crippen LogP contribution in [0, 0.1) is 0 Å². The van der Waals surface area contributed by atoms with Crippen LogP contribution < -0.4 is 14.8 Å². The summed E-state index contributed by atoms with van der Waals surface area (Å²) in [6.07, 6.45) is 1.86. The highest BCUT2D eigenvalue weighted by molar-refractivity contribution is 9.10. The normalized spacial score (nSPS) is 14.6. The van der Waals surface area contributed by atoms with Crippen LogP contribution >= 0.6 is 15.9 Å². The number of benzene rings is 2. The van der Waals surface area contributed by atoms with Crippen LogP contribution in [0.5, 0.6) is 11.5 Å². The summed E-state index contributed by atoms with van der Waals surface area (Å²) in [5.74, 6) is 1.18. The van der Waals surface area contributed by atoms with Gasteiger partial charge in [0.05, 0.1) is 18.2 Å². The number of carbonyl (C=O) groups is 1. The minimum atomic E-state index is -0.101. The van der Waals surface area contributed by atoms with Gasteiger partial charge in [0.25, 0.3) is 5.91 Å². The molecule has 4 nitrogen and oxygen atoms in total. The highest BCUT2D eigenvalue weighted by atomic mass is 79.9. The van der Waals surface area contributed by atoms with Crippen LogP contribution in [-0.4, -0.2) is 19.6 Å². The van der Waals surface area contributed by atoms with Crippen molar-refractivity contribution >= 4 is 39.2 Å². The lowest BCUT2D eigenvalue weighted by molar-refractivity contribution is -0.110. The summed E-state index contributed by atoms with van der Waals surface area (Å²) >= 11 is 3.49. The third-order valence-electron chi connectivity index (χ3n) is 3.56. The maximum absolute atomic E-state index is 12.2. The third kappa shape index (κ3) is 2.97. The number of nitrogens with one attached hydrogen (secondary N) is 1. The largest absolute Gasteiger partial charge is 0.492 e. The molecule has 2 aromatic rings. The van der Waals surface area contributed by atoms with E-state index in [1.54, 1.807) is 7.11 Å². The summed E-state index contributed by atoms with van der Waals surface area (Å²) in [5, 5.41) is 2.87. The molecule has 0 atom stereocenters. The molecule has 23 heavy (non-hydrogen) atoms. The first-order valence-corrected chi connectivity index (χ1v) is 8.06. The summed E-state index contributed by atoms with van der Waals surface area (Å²) in [6.45, 7) is 2.45. The molecule has 1 N–H and O–H groups in total. The fourth-order valence-electron chi connectivity index (χ4n) is 2.58. The zero-order chi connectivity index (χ0) is 16.4. The first-order chi connectivity index (χ1) is 11.1. The van der Waals surface area contributed by atoms with Gasteiger partial charge in [0.1, 0.15) is 0 Å². The van der Waals surface area contributed by atoms with E-state index in [-0.39, 0.29) is 5.91 Å². The molecule has 2 aromatic carbocycles. The van der Waals surface area contributed by atoms with Crippen LogP contribution in [0.15, 0.2) is 40.9 Å². The number of para-hydroxylation sites is 1. The number of halogens is 1. The van der Waals surface area contributed by atoms with Gasteiger partial charge in [0.2, 0.25) is 0 Å². The Morgan fingerprint density at radius 2 is 2.04 bits per heavy atom. The van der Waals surface area contributed by atoms with Gasteiger partial charge < -0.3 is 14.8 Å². The first kappa shape index (κ1) is 15.6. The molecule has 1 aliphatic heterocycles. The Balaban J connectivity index is 2.08. The smallest absolute Gasteiger partial charge is 0.256 e. The molecule has 0 bridgehead atoms. The monoisotopic (exact) mass is 373 g/mol. The number of hydrogen-bond acceptors (Lipinski definition) is 3. The zero-order valence-corrected chi connectivity index (χ0v) is 14.4. The van der Waals surface area contributed by atoms with Crippen LogP contribution in [0.25, 0.3) is 11.6 Å². The number of anilines is 1. The molecule has 0 spiro atoms. The molecule has 0 fully saturated rings. The van der Waals surface area contributed by atoms with E-state index in [9.17, 15) is 4.79 Å². The average molecular weight is 374 g/mol. The highest BCUT2D eigenvalue weighted by Gasteiger charge is 2.23. The summed E-state index contributed by atoms with van der Waals surface area (Å²) in [5.41, 5.74) is 3.24. The Hall–Kier alpha value is -2.27. The molecule has 1 amide bonds. The van der Waals surface area contributed by atoms with Crippen LogP contribution in [-0.2, 0) is 4.79 Å². The predicted octanol–water partition coefficient (Wildman–Crippen LogP) is 4.35. The average Bonchev–Trinajstić information content (AvgIpc) is 2.84. The fraction of sp³-hybridized carbons (Fsp3) is 0.167. The molecular weight excluding hydrogens is 358 g/mol. The van der Waals surface area contributed by atoms with E-state index < -0.39 is 0 Å². The quantitative estimate of drug-likeness (QED) is 0.810. The second-order valence-electron chi connectivity index (χ2n) is 5.02. The van der Waals surface area contributed by atoms with Gasteiger partial charge >= 0.3 is 0 Å². The summed E-state index contributed by atoms with van der Waals surface area (Å²) in [4.78, 5) is 12.2. The van der Waals surface area contributed by atoms with Crippen LogP contribution in [0.1, 0.15) is 18.1 Å². The van der Waals surface area contributed by atoms with Crippen molar-refractivity contribution in [1.82, 2.24) is 0 Å². The molecular formula is C18H16BrNO3. The van der Waals surface area contributed by atoms with Gasteiger partial charge in [-0.1, -0.05) is 18.2 Å². The van der Waals surface area contributed by atoms with Gasteiger partial charge in [-0.05, 0) is 52.7 Å². The molecule has 118 valence electrons. The van der Waals surface area contributed by atoms with E-state index in [4.69, 9.17) is 9.47 Å². The van der Waals surface area contributed by atoms with Gasteiger partial charge in [0, 0.05) is 16.8 Å². The minimum absolute atomic E-state index is 0.101. The summed E-state index contributed by atoms with van der Waals surface area (Å²) < 4.78 is 11.8. The van der Waals surface area contributed by atoms with Crippen LogP contribution in [0.3, 0.4) is 0 Å². The van der Waals surface area contributed by atoms with E-state index >= 15 is 0 Å². The van der Waals surface area contributed by atoms with Gasteiger partial charge in [-0.2, -0.15) is 0 Å². The predicted molar refractivity (Wildman–Crippen MR) is 94.8 cm³/mol. The van der Waals surface area contributed by atoms with Crippen molar-refractivity contribution in [2.24, 2.45) is 0 Å². The molecule has 5 heteroatoms. The SMILES string of the molecule is CCOc1cc(/C=C2/C(=O)Nc3ccccc32)cc(Br)c1OC. The molecule has 0 unspecified atom stereocenters. The Morgan fingerprint density at radius 1 is 1.26 bits per heavy atom. The maximum atomic E-state index is 12.2. The van der Waals surface area contributed by atoms with Gasteiger partial charge in [-0.25, -0.2) is 0 Å². The second-order valence-corrected chi connectivity index (χ2v) is 5.88. The Bertz CT molecular complexity index is 799. The van der Waals surface area contributed by atoms with Crippen molar-refractivity contribution in [3.05, 3.63) is 52.0 Å². The Morgan fingerprint density at radius 3 is 2.78 bits per heavy atom. The van der Waals surface area contributed by atoms with Crippen molar-refractivity contribution in [3.8, 4) is 11.5 Å². The lowest BCUT2D eigenvalue weighted by Crippen LogP contribution is -2.03. The molecule has 0 saturated heterocycles. The highest BCUT2D eigenvalue weighted by Crippen LogP contribution is 2.39. The minimum Gasteiger partial charge on any atom is -0.492 e. The number of carbonyl (C=O) groups excluding carboxylic acids is 1. The van der Waals surface area contributed by atoms with Crippen molar-refractivity contribution < 1.29 is 14.3 Å². The van der Waals surface area contributed by atoms with Crippen LogP contribution in [0.4, 0.5) is 5.69 Å². The molecule has 1 aliphatic rings. The molecule has 3 rings (SSSR count). The Labute approximate surface area is 143 Å². The first-order valence-electron chi connectivity index (χ1n) is 7.26. The van der Waals surface area contributed by atoms with Gasteiger partial charge in [-0.3, -0.25) is 4.79 Å². The number of hydrogen-bond donors (Lipinski definition) is 1. The summed E-state index contributed by atoms with van der Waals surface area (Å²) in [6, 6.07) is 11.4. The molecule has 0 radical (unpaired) electrons. The Kier molecular flexibility index (Phi) is 4.39. The van der Waals surface area contributed by atoms with Gasteiger partial charge in [0.15, 0.2) is 11.5 Å². The lowest BCUT2D eigenvalue weighted by Gasteiger charge is -2.12. The van der Waals surface area contributed by atoms with Crippen molar-refractivity contribution in [2.75, 3.05) is 19.0 Å². The van der Waals surface area contributed by atoms with E-state index in [2.05, 4.69) is 21.2 Å². The van der Waals surface area contributed by atoms with Crippen molar-refractivity contribution in [2.45, 2.75) is 6.92 Å². The molecule has 0 saturated carbocycles. The zero-order valence-electron chi connectivity index (χ0n) is 12.9. The molecule has 0 aromatic heterocycles. The van der Waals surface area contributed by atoms with Crippen molar-refractivity contribution in [1.29, 1.82) is 0 Å². The van der Waals surface area contributed by atoms with E-state index in [0.717, 1.165) is 21.3 Å². The number of amides is 1. The number of methoxy groups -OCH3 is 1. The topological polar surface area (TPSA) is 47.6 Å². The lowest BCUT2D eigenvalue weighted by atomic mass is 10.0. The molecule has 0 aliphatic carbocycles. The number of fused-ring (bicyclic) bond motifs is 1. The second kappa shape index (κ2) is 6.46. The van der Waals surface area contributed by atoms with Crippen LogP contribution in [0.2, 0.25) is 0 Å².